The van der Waals surface area contributed by atoms with E-state index < -0.39 is 0 Å². The van der Waals surface area contributed by atoms with Crippen molar-refractivity contribution in [2.24, 2.45) is 0 Å². The number of rotatable bonds is 6. The Bertz CT molecular complexity index is 1500. The molecule has 7 heteroatoms. The summed E-state index contributed by atoms with van der Waals surface area (Å²) in [6.45, 7) is 2.02. The monoisotopic (exact) mass is 506 g/mol. The molecular formula is C27H20Cl2N2O2S. The number of aromatic nitrogens is 2. The molecule has 0 saturated heterocycles. The minimum absolute atomic E-state index is 0.111. The van der Waals surface area contributed by atoms with Crippen molar-refractivity contribution < 1.29 is 9.53 Å². The van der Waals surface area contributed by atoms with Crippen LogP contribution in [0.3, 0.4) is 0 Å². The van der Waals surface area contributed by atoms with Crippen molar-refractivity contribution in [2.75, 3.05) is 7.11 Å². The lowest BCUT2D eigenvalue weighted by molar-refractivity contribution is 0.103. The highest BCUT2D eigenvalue weighted by atomic mass is 35.5. The van der Waals surface area contributed by atoms with E-state index in [1.807, 2.05) is 48.7 Å². The number of aromatic amines is 1. The molecule has 0 spiro atoms. The van der Waals surface area contributed by atoms with Crippen molar-refractivity contribution in [1.82, 2.24) is 9.97 Å². The number of hydrogen-bond acceptors (Lipinski definition) is 4. The summed E-state index contributed by atoms with van der Waals surface area (Å²) in [5.41, 5.74) is 5.93. The predicted molar refractivity (Wildman–Crippen MR) is 140 cm³/mol. The van der Waals surface area contributed by atoms with Crippen LogP contribution in [0.1, 0.15) is 32.2 Å². The zero-order valence-corrected chi connectivity index (χ0v) is 20.8. The van der Waals surface area contributed by atoms with Crippen molar-refractivity contribution in [3.63, 3.8) is 0 Å². The topological polar surface area (TPSA) is 55.0 Å². The zero-order chi connectivity index (χ0) is 23.8. The summed E-state index contributed by atoms with van der Waals surface area (Å²) in [6.07, 6.45) is 0.595. The molecule has 4 nitrogen and oxygen atoms in total. The van der Waals surface area contributed by atoms with Crippen molar-refractivity contribution >= 4 is 51.2 Å². The molecule has 34 heavy (non-hydrogen) atoms. The summed E-state index contributed by atoms with van der Waals surface area (Å²) in [4.78, 5) is 21.9. The van der Waals surface area contributed by atoms with Crippen LogP contribution in [-0.4, -0.2) is 22.9 Å². The Morgan fingerprint density at radius 3 is 2.35 bits per heavy atom. The molecule has 0 saturated carbocycles. The number of methoxy groups -OCH3 is 1. The van der Waals surface area contributed by atoms with Gasteiger partial charge in [0.05, 0.1) is 23.4 Å². The molecule has 0 aliphatic heterocycles. The maximum absolute atomic E-state index is 13.6. The van der Waals surface area contributed by atoms with Crippen LogP contribution in [0, 0.1) is 6.92 Å². The van der Waals surface area contributed by atoms with Crippen LogP contribution in [-0.2, 0) is 6.42 Å². The summed E-state index contributed by atoms with van der Waals surface area (Å²) in [5, 5.41) is 5.14. The van der Waals surface area contributed by atoms with Crippen LogP contribution in [0.5, 0.6) is 5.75 Å². The SMILES string of the molecule is COc1ccc2[nH]c(C)c(Cc3nc(-c4ccc(Cl)cc4)cs3)c2c1C(=O)c1ccc(Cl)cc1. The Kier molecular flexibility index (Phi) is 6.17. The highest BCUT2D eigenvalue weighted by Crippen LogP contribution is 2.36. The minimum Gasteiger partial charge on any atom is -0.496 e. The van der Waals surface area contributed by atoms with Gasteiger partial charge in [-0.2, -0.15) is 0 Å². The van der Waals surface area contributed by atoms with E-state index in [-0.39, 0.29) is 5.78 Å². The van der Waals surface area contributed by atoms with Gasteiger partial charge in [0, 0.05) is 49.6 Å². The first-order valence-electron chi connectivity index (χ1n) is 10.6. The minimum atomic E-state index is -0.111. The Morgan fingerprint density at radius 1 is 1.00 bits per heavy atom. The average Bonchev–Trinajstić information content (AvgIpc) is 3.43. The van der Waals surface area contributed by atoms with E-state index in [9.17, 15) is 4.79 Å². The number of aryl methyl sites for hydroxylation is 1. The fourth-order valence-corrected chi connectivity index (χ4v) is 5.19. The second-order valence-electron chi connectivity index (χ2n) is 7.94. The third-order valence-electron chi connectivity index (χ3n) is 5.82. The van der Waals surface area contributed by atoms with Gasteiger partial charge in [0.2, 0.25) is 0 Å². The molecule has 0 aliphatic carbocycles. The lowest BCUT2D eigenvalue weighted by Crippen LogP contribution is -2.06. The van der Waals surface area contributed by atoms with Gasteiger partial charge in [-0.25, -0.2) is 4.98 Å². The molecule has 2 heterocycles. The molecule has 1 N–H and O–H groups in total. The lowest BCUT2D eigenvalue weighted by atomic mass is 9.95. The Morgan fingerprint density at radius 2 is 1.68 bits per heavy atom. The number of thiazole rings is 1. The average molecular weight is 507 g/mol. The van der Waals surface area contributed by atoms with Crippen LogP contribution in [0.25, 0.3) is 22.2 Å². The maximum atomic E-state index is 13.6. The summed E-state index contributed by atoms with van der Waals surface area (Å²) < 4.78 is 5.62. The van der Waals surface area contributed by atoms with Crippen molar-refractivity contribution in [3.8, 4) is 17.0 Å². The number of ether oxygens (including phenoxy) is 1. The van der Waals surface area contributed by atoms with Crippen molar-refractivity contribution in [2.45, 2.75) is 13.3 Å². The first-order valence-corrected chi connectivity index (χ1v) is 12.3. The zero-order valence-electron chi connectivity index (χ0n) is 18.5. The number of hydrogen-bond donors (Lipinski definition) is 1. The second-order valence-corrected chi connectivity index (χ2v) is 9.76. The largest absolute Gasteiger partial charge is 0.496 e. The van der Waals surface area contributed by atoms with Gasteiger partial charge in [-0.05, 0) is 61.0 Å². The van der Waals surface area contributed by atoms with E-state index >= 15 is 0 Å². The van der Waals surface area contributed by atoms with Gasteiger partial charge < -0.3 is 9.72 Å². The second kappa shape index (κ2) is 9.26. The van der Waals surface area contributed by atoms with E-state index in [4.69, 9.17) is 32.9 Å². The summed E-state index contributed by atoms with van der Waals surface area (Å²) >= 11 is 13.7. The van der Waals surface area contributed by atoms with Gasteiger partial charge in [-0.15, -0.1) is 11.3 Å². The lowest BCUT2D eigenvalue weighted by Gasteiger charge is -2.11. The van der Waals surface area contributed by atoms with Crippen LogP contribution >= 0.6 is 34.5 Å². The third kappa shape index (κ3) is 4.23. The fraction of sp³-hybridized carbons (Fsp3) is 0.111. The number of nitrogens with one attached hydrogen (secondary N) is 1. The maximum Gasteiger partial charge on any atom is 0.197 e. The van der Waals surface area contributed by atoms with Gasteiger partial charge in [-0.1, -0.05) is 35.3 Å². The number of fused-ring (bicyclic) bond motifs is 1. The molecule has 0 bridgehead atoms. The van der Waals surface area contributed by atoms with Crippen molar-refractivity contribution in [3.05, 3.63) is 103 Å². The van der Waals surface area contributed by atoms with Gasteiger partial charge in [0.15, 0.2) is 5.78 Å². The highest BCUT2D eigenvalue weighted by Gasteiger charge is 2.23. The summed E-state index contributed by atoms with van der Waals surface area (Å²) in [5.74, 6) is 0.425. The van der Waals surface area contributed by atoms with Gasteiger partial charge in [-0.3, -0.25) is 4.79 Å². The number of nitrogens with zero attached hydrogens (tertiary/aromatic N) is 1. The van der Waals surface area contributed by atoms with E-state index in [1.165, 1.54) is 0 Å². The number of carbonyl (C=O) groups excluding carboxylic acids is 1. The molecule has 0 radical (unpaired) electrons. The first-order chi connectivity index (χ1) is 16.4. The molecule has 0 aliphatic rings. The summed E-state index contributed by atoms with van der Waals surface area (Å²) in [7, 11) is 1.58. The Labute approximate surface area is 211 Å². The molecule has 0 amide bonds. The van der Waals surface area contributed by atoms with Crippen molar-refractivity contribution in [1.29, 1.82) is 0 Å². The molecule has 0 unspecified atom stereocenters. The Balaban J connectivity index is 1.59. The predicted octanol–water partition coefficient (Wildman–Crippen LogP) is 7.74. The van der Waals surface area contributed by atoms with Crippen LogP contribution in [0.2, 0.25) is 10.0 Å². The number of carbonyl (C=O) groups is 1. The number of ketones is 1. The van der Waals surface area contributed by atoms with E-state index in [0.717, 1.165) is 38.4 Å². The molecule has 0 atom stereocenters. The third-order valence-corrected chi connectivity index (χ3v) is 7.17. The van der Waals surface area contributed by atoms with Crippen LogP contribution in [0.4, 0.5) is 0 Å². The molecule has 0 fully saturated rings. The first kappa shape index (κ1) is 22.7. The fourth-order valence-electron chi connectivity index (χ4n) is 4.12. The quantitative estimate of drug-likeness (QED) is 0.239. The van der Waals surface area contributed by atoms with Gasteiger partial charge in [0.25, 0.3) is 0 Å². The highest BCUT2D eigenvalue weighted by molar-refractivity contribution is 7.10. The van der Waals surface area contributed by atoms with E-state index in [1.54, 1.807) is 42.7 Å². The number of benzene rings is 3. The molecular weight excluding hydrogens is 487 g/mol. The normalized spacial score (nSPS) is 11.2. The van der Waals surface area contributed by atoms with Gasteiger partial charge >= 0.3 is 0 Å². The van der Waals surface area contributed by atoms with E-state index in [0.29, 0.717) is 33.3 Å². The number of halogens is 2. The van der Waals surface area contributed by atoms with E-state index in [2.05, 4.69) is 4.98 Å². The summed E-state index contributed by atoms with van der Waals surface area (Å²) in [6, 6.07) is 18.3. The molecule has 3 aromatic carbocycles. The molecule has 2 aromatic heterocycles. The van der Waals surface area contributed by atoms with Gasteiger partial charge in [0.1, 0.15) is 5.75 Å². The number of H-pyrrole nitrogens is 1. The smallest absolute Gasteiger partial charge is 0.197 e. The van der Waals surface area contributed by atoms with Crippen LogP contribution < -0.4 is 4.74 Å². The Hall–Kier alpha value is -3.12. The molecule has 170 valence electrons. The van der Waals surface area contributed by atoms with Crippen LogP contribution in [0.15, 0.2) is 66.0 Å². The molecule has 5 aromatic rings. The molecule has 5 rings (SSSR count). The standard InChI is InChI=1S/C27H20Cl2N2O2S/c1-15-20(13-24-31-22(14-34-24)16-3-7-18(28)8-4-16)25-21(30-15)11-12-23(33-2)26(25)27(32)17-5-9-19(29)10-6-17/h3-12,14,30H,13H2,1-2H3.